The molecule has 8 N–H and O–H groups in total. The molecule has 2 heterocycles. The SMILES string of the molecule is CN(CCO)c1nc(Nc2ccccc2)nc(Nc2ccc(C=Cc3ccccc3S(=O)(=O)O)c(S(=O)(=O)O)c2Nc2nc(Nc3ccccc3)nc(N(C)CCO)n2)n1. The Labute approximate surface area is 345 Å². The van der Waals surface area contributed by atoms with Gasteiger partial charge in [-0.25, -0.2) is 0 Å². The first-order valence-corrected chi connectivity index (χ1v) is 20.8. The van der Waals surface area contributed by atoms with E-state index in [0.717, 1.165) is 0 Å². The average Bonchev–Trinajstić information content (AvgIpc) is 3.21. The van der Waals surface area contributed by atoms with Crippen molar-refractivity contribution in [3.8, 4) is 0 Å². The fourth-order valence-electron chi connectivity index (χ4n) is 5.60. The summed E-state index contributed by atoms with van der Waals surface area (Å²) >= 11 is 0. The lowest BCUT2D eigenvalue weighted by atomic mass is 10.1. The second-order valence-electron chi connectivity index (χ2n) is 12.8. The molecule has 4 aromatic carbocycles. The van der Waals surface area contributed by atoms with Gasteiger partial charge in [0.1, 0.15) is 9.79 Å². The third-order valence-electron chi connectivity index (χ3n) is 8.43. The van der Waals surface area contributed by atoms with Crippen LogP contribution in [0.1, 0.15) is 11.1 Å². The van der Waals surface area contributed by atoms with Gasteiger partial charge < -0.3 is 41.3 Å². The molecule has 0 atom stereocenters. The number of nitrogens with zero attached hydrogens (tertiary/aromatic N) is 8. The van der Waals surface area contributed by atoms with Gasteiger partial charge in [0.05, 0.1) is 24.6 Å². The van der Waals surface area contributed by atoms with E-state index in [1.807, 2.05) is 24.3 Å². The molecule has 0 spiro atoms. The number of aliphatic hydroxyl groups is 2. The highest BCUT2D eigenvalue weighted by Gasteiger charge is 2.26. The summed E-state index contributed by atoms with van der Waals surface area (Å²) in [5.74, 6) is 0.0251. The standard InChI is InChI=1S/C38H40N12O8S2/c1-49(21-23-51)37-45-33(39-27-12-5-3-6-13-27)43-35(47-37)41-29-20-19-26(18-17-25-11-9-10-16-30(25)59(53,54)55)32(60(56,57)58)31(29)42-36-44-34(40-28-14-7-4-8-15-28)46-38(48-36)50(2)22-24-52/h3-20,51-52H,21-24H2,1-2H3,(H,53,54,55)(H,56,57,58)(H2,39,41,43,45,47)(H2,40,42,44,46,48). The molecule has 0 saturated carbocycles. The Hall–Kier alpha value is -6.82. The molecule has 0 radical (unpaired) electrons. The maximum absolute atomic E-state index is 13.5. The zero-order chi connectivity index (χ0) is 42.9. The number of benzene rings is 4. The molecule has 0 amide bonds. The molecule has 60 heavy (non-hydrogen) atoms. The molecule has 20 nitrogen and oxygen atoms in total. The molecule has 0 unspecified atom stereocenters. The zero-order valence-corrected chi connectivity index (χ0v) is 33.7. The van der Waals surface area contributed by atoms with E-state index in [0.29, 0.717) is 11.4 Å². The van der Waals surface area contributed by atoms with Gasteiger partial charge in [0.25, 0.3) is 20.2 Å². The predicted octanol–water partition coefficient (Wildman–Crippen LogP) is 4.55. The number of para-hydroxylation sites is 2. The first-order valence-electron chi connectivity index (χ1n) is 17.9. The van der Waals surface area contributed by atoms with Crippen molar-refractivity contribution in [2.45, 2.75) is 9.79 Å². The van der Waals surface area contributed by atoms with Crippen LogP contribution in [0.25, 0.3) is 12.2 Å². The van der Waals surface area contributed by atoms with E-state index in [9.17, 15) is 36.2 Å². The molecule has 312 valence electrons. The Morgan fingerprint density at radius 2 is 0.983 bits per heavy atom. The van der Waals surface area contributed by atoms with Crippen LogP contribution < -0.4 is 31.1 Å². The van der Waals surface area contributed by atoms with E-state index < -0.39 is 30.0 Å². The Morgan fingerprint density at radius 1 is 0.533 bits per heavy atom. The smallest absolute Gasteiger partial charge is 0.297 e. The Morgan fingerprint density at radius 3 is 1.47 bits per heavy atom. The molecule has 0 aliphatic carbocycles. The minimum atomic E-state index is -5.17. The van der Waals surface area contributed by atoms with Gasteiger partial charge in [-0.15, -0.1) is 0 Å². The van der Waals surface area contributed by atoms with E-state index in [4.69, 9.17) is 0 Å². The Balaban J connectivity index is 1.54. The molecular formula is C38H40N12O8S2. The zero-order valence-electron chi connectivity index (χ0n) is 32.0. The molecule has 22 heteroatoms. The van der Waals surface area contributed by atoms with E-state index in [1.165, 1.54) is 53.5 Å². The van der Waals surface area contributed by atoms with Crippen molar-refractivity contribution in [3.63, 3.8) is 0 Å². The number of hydrogen-bond acceptors (Lipinski definition) is 18. The fraction of sp³-hybridized carbons (Fsp3) is 0.158. The van der Waals surface area contributed by atoms with Gasteiger partial charge in [0, 0.05) is 38.6 Å². The lowest BCUT2D eigenvalue weighted by molar-refractivity contribution is 0.303. The molecule has 0 aliphatic heterocycles. The minimum absolute atomic E-state index is 0.0195. The van der Waals surface area contributed by atoms with Crippen LogP contribution in [-0.2, 0) is 20.2 Å². The predicted molar refractivity (Wildman–Crippen MR) is 228 cm³/mol. The van der Waals surface area contributed by atoms with Crippen LogP contribution in [0.15, 0.2) is 107 Å². The first kappa shape index (κ1) is 42.8. The van der Waals surface area contributed by atoms with Crippen LogP contribution in [0.3, 0.4) is 0 Å². The van der Waals surface area contributed by atoms with E-state index in [-0.39, 0.29) is 84.5 Å². The summed E-state index contributed by atoms with van der Waals surface area (Å²) in [5.41, 5.74) is 0.820. The molecule has 0 aliphatic rings. The average molecular weight is 857 g/mol. The van der Waals surface area contributed by atoms with Crippen LogP contribution >= 0.6 is 0 Å². The van der Waals surface area contributed by atoms with Gasteiger partial charge in [-0.3, -0.25) is 9.11 Å². The monoisotopic (exact) mass is 856 g/mol. The normalized spacial score (nSPS) is 11.6. The lowest BCUT2D eigenvalue weighted by Gasteiger charge is -2.21. The van der Waals surface area contributed by atoms with E-state index in [2.05, 4.69) is 51.2 Å². The van der Waals surface area contributed by atoms with E-state index >= 15 is 0 Å². The highest BCUT2D eigenvalue weighted by Crippen LogP contribution is 2.38. The van der Waals surface area contributed by atoms with Gasteiger partial charge >= 0.3 is 0 Å². The van der Waals surface area contributed by atoms with Crippen molar-refractivity contribution in [1.29, 1.82) is 0 Å². The highest BCUT2D eigenvalue weighted by molar-refractivity contribution is 7.86. The van der Waals surface area contributed by atoms with Crippen molar-refractivity contribution in [2.24, 2.45) is 0 Å². The van der Waals surface area contributed by atoms with Crippen molar-refractivity contribution < 1.29 is 36.2 Å². The second-order valence-corrected chi connectivity index (χ2v) is 15.6. The van der Waals surface area contributed by atoms with Crippen molar-refractivity contribution in [2.75, 3.05) is 71.5 Å². The van der Waals surface area contributed by atoms with Crippen LogP contribution in [0.4, 0.5) is 58.4 Å². The number of aliphatic hydroxyl groups excluding tert-OH is 2. The summed E-state index contributed by atoms with van der Waals surface area (Å²) in [6.45, 7) is -0.189. The fourth-order valence-corrected chi connectivity index (χ4v) is 7.13. The minimum Gasteiger partial charge on any atom is -0.395 e. The molecule has 0 saturated heterocycles. The number of anilines is 10. The van der Waals surface area contributed by atoms with Crippen molar-refractivity contribution in [1.82, 2.24) is 29.9 Å². The molecule has 6 aromatic rings. The van der Waals surface area contributed by atoms with Gasteiger partial charge in [-0.1, -0.05) is 72.8 Å². The summed E-state index contributed by atoms with van der Waals surface area (Å²) in [4.78, 5) is 28.9. The highest BCUT2D eigenvalue weighted by atomic mass is 32.2. The van der Waals surface area contributed by atoms with Gasteiger partial charge in [-0.2, -0.15) is 46.7 Å². The topological polar surface area (TPSA) is 281 Å². The number of aromatic nitrogens is 6. The maximum atomic E-state index is 13.5. The molecule has 2 aromatic heterocycles. The summed E-state index contributed by atoms with van der Waals surface area (Å²) in [5, 5.41) is 31.5. The van der Waals surface area contributed by atoms with Crippen LogP contribution in [-0.4, -0.2) is 106 Å². The molecule has 0 fully saturated rings. The summed E-state index contributed by atoms with van der Waals surface area (Å²) in [7, 11) is -6.56. The third kappa shape index (κ3) is 11.0. The largest absolute Gasteiger partial charge is 0.395 e. The third-order valence-corrected chi connectivity index (χ3v) is 10.3. The van der Waals surface area contributed by atoms with E-state index in [1.54, 1.807) is 55.4 Å². The molecule has 0 bridgehead atoms. The van der Waals surface area contributed by atoms with Crippen LogP contribution in [0, 0.1) is 0 Å². The lowest BCUT2D eigenvalue weighted by Crippen LogP contribution is -2.24. The van der Waals surface area contributed by atoms with Crippen molar-refractivity contribution in [3.05, 3.63) is 108 Å². The second kappa shape index (κ2) is 18.8. The molecule has 6 rings (SSSR count). The number of rotatable bonds is 18. The summed E-state index contributed by atoms with van der Waals surface area (Å²) < 4.78 is 72.0. The Bertz CT molecular complexity index is 2700. The number of hydrogen-bond donors (Lipinski definition) is 8. The first-order chi connectivity index (χ1) is 28.7. The van der Waals surface area contributed by atoms with Crippen LogP contribution in [0.2, 0.25) is 0 Å². The van der Waals surface area contributed by atoms with Gasteiger partial charge in [0.15, 0.2) is 0 Å². The summed E-state index contributed by atoms with van der Waals surface area (Å²) in [6, 6.07) is 26.2. The number of nitrogens with one attached hydrogen (secondary N) is 4. The Kier molecular flexibility index (Phi) is 13.4. The van der Waals surface area contributed by atoms with Gasteiger partial charge in [-0.05, 0) is 47.5 Å². The van der Waals surface area contributed by atoms with Crippen molar-refractivity contribution >= 4 is 90.8 Å². The number of likely N-dealkylation sites (N-methyl/N-ethyl adjacent to an activating group) is 2. The quantitative estimate of drug-likeness (QED) is 0.0435. The molecular weight excluding hydrogens is 817 g/mol. The summed E-state index contributed by atoms with van der Waals surface area (Å²) in [6.07, 6.45) is 2.50. The maximum Gasteiger partial charge on any atom is 0.297 e. The van der Waals surface area contributed by atoms with Gasteiger partial charge in [0.2, 0.25) is 35.7 Å². The van der Waals surface area contributed by atoms with Crippen LogP contribution in [0.5, 0.6) is 0 Å².